The Bertz CT molecular complexity index is 4710. The van der Waals surface area contributed by atoms with Crippen molar-refractivity contribution >= 4 is 58.5 Å². The molecule has 8 aromatic rings. The molecule has 594 valence electrons. The van der Waals surface area contributed by atoms with Gasteiger partial charge >= 0.3 is 52.8 Å². The molecule has 37 heteroatoms. The summed E-state index contributed by atoms with van der Waals surface area (Å²) in [5, 5.41) is 0. The number of benzene rings is 5. The van der Waals surface area contributed by atoms with E-state index in [2.05, 4.69) is 65.0 Å². The van der Waals surface area contributed by atoms with Gasteiger partial charge in [-0.05, 0) is 243 Å². The van der Waals surface area contributed by atoms with E-state index in [0.717, 1.165) is 46.4 Å². The second-order valence-electron chi connectivity index (χ2n) is 27.7. The van der Waals surface area contributed by atoms with Gasteiger partial charge in [-0.3, -0.25) is 28.1 Å². The summed E-state index contributed by atoms with van der Waals surface area (Å²) in [5.74, 6) is -1.37. The number of aromatic nitrogens is 3. The second-order valence-corrected chi connectivity index (χ2v) is 29.4. The first-order valence-corrected chi connectivity index (χ1v) is 34.1. The monoisotopic (exact) mass is 1690 g/mol. The molecule has 0 atom stereocenters. The first kappa shape index (κ1) is 88.8. The van der Waals surface area contributed by atoms with Gasteiger partial charge < -0.3 is 61.1 Å². The average Bonchev–Trinajstić information content (AvgIpc) is 1.60. The van der Waals surface area contributed by atoms with E-state index in [1.54, 1.807) is 45.3 Å². The fourth-order valence-corrected chi connectivity index (χ4v) is 11.3. The topological polar surface area (TPSA) is 186 Å². The number of nitrogens with zero attached hydrogens (tertiary/aromatic N) is 3. The van der Waals surface area contributed by atoms with Crippen LogP contribution < -0.4 is 55.3 Å². The molecule has 0 N–H and O–H groups in total. The standard InChI is InChI=1S/C20H12F5NO4.C19H21BF3NO4.C13H9BrF3NO2.C12H24B2O4.C7H3BrF2O2.2CH4/c1-11-9-17(27)26(12-5-7-13(8-6-12)28-19(21,22)23)10-15(11)14-3-2-4-16-18(14)30-20(24,25)29-16;1-12-10-16(25)24(13-6-8-14(9-7-13)26-19(21,22)23)11-15(12)20-27-17(2,3)18(4,5)28-20;1-8-6-12(19)18(7-11(8)14)9-2-4-10(5-3-9)20-13(15,16)17;1-9(2)10(3,4)16-13(15-9)14-17-11(5,6)12(7,8)18-14;8-4-2-1-3-5-6(4)12-7(9,10)11-5;;/h2-10H,1H3;6-11H,1-5H3;2-7H,1H3;1-8H3;1-3H;2*1H4. The number of ether oxygens (including phenoxy) is 7. The predicted molar refractivity (Wildman–Crippen MR) is 391 cm³/mol. The maximum Gasteiger partial charge on any atom is 0.586 e. The molecule has 0 spiro atoms. The number of hydrogen-bond acceptors (Lipinski definition) is 16. The lowest BCUT2D eigenvalue weighted by Gasteiger charge is -2.32. The van der Waals surface area contributed by atoms with Gasteiger partial charge in [0.25, 0.3) is 16.7 Å². The Kier molecular flexibility index (Phi) is 26.1. The Balaban J connectivity index is 0.000000196. The summed E-state index contributed by atoms with van der Waals surface area (Å²) >= 11 is 6.36. The van der Waals surface area contributed by atoms with Crippen molar-refractivity contribution in [2.45, 2.75) is 184 Å². The Morgan fingerprint density at radius 3 is 1.06 bits per heavy atom. The molecule has 3 saturated heterocycles. The molecule has 0 radical (unpaired) electrons. The van der Waals surface area contributed by atoms with Crippen molar-refractivity contribution in [1.29, 1.82) is 0 Å². The van der Waals surface area contributed by atoms with E-state index in [0.29, 0.717) is 38.0 Å². The van der Waals surface area contributed by atoms with Crippen LogP contribution in [0, 0.1) is 20.8 Å². The zero-order valence-corrected chi connectivity index (χ0v) is 63.3. The quantitative estimate of drug-likeness (QED) is 0.0980. The van der Waals surface area contributed by atoms with Gasteiger partial charge in [0.2, 0.25) is 0 Å². The van der Waals surface area contributed by atoms with E-state index >= 15 is 0 Å². The number of para-hydroxylation sites is 2. The van der Waals surface area contributed by atoms with Gasteiger partial charge in [-0.1, -0.05) is 33.1 Å². The van der Waals surface area contributed by atoms with Gasteiger partial charge in [0.15, 0.2) is 23.0 Å². The Hall–Kier alpha value is -8.45. The summed E-state index contributed by atoms with van der Waals surface area (Å²) in [6, 6.07) is 27.9. The van der Waals surface area contributed by atoms with E-state index < -0.39 is 75.3 Å². The van der Waals surface area contributed by atoms with Crippen molar-refractivity contribution < 1.29 is 118 Å². The molecule has 3 aromatic heterocycles. The second kappa shape index (κ2) is 32.3. The Morgan fingerprint density at radius 2 is 0.691 bits per heavy atom. The molecule has 19 nitrogen and oxygen atoms in total. The first-order valence-electron chi connectivity index (χ1n) is 32.5. The minimum atomic E-state index is -4.84. The number of alkyl halides is 13. The number of aryl methyl sites for hydroxylation is 3. The van der Waals surface area contributed by atoms with E-state index in [-0.39, 0.29) is 94.1 Å². The maximum absolute atomic E-state index is 13.5. The van der Waals surface area contributed by atoms with Gasteiger partial charge in [0, 0.05) is 74.9 Å². The van der Waals surface area contributed by atoms with Crippen LogP contribution in [0.2, 0.25) is 0 Å². The van der Waals surface area contributed by atoms with Crippen LogP contribution in [0.15, 0.2) is 169 Å². The zero-order valence-electron chi connectivity index (χ0n) is 60.1. The molecule has 0 amide bonds. The van der Waals surface area contributed by atoms with Gasteiger partial charge in [0.05, 0.1) is 38.1 Å². The lowest BCUT2D eigenvalue weighted by molar-refractivity contribution is -0.287. The van der Waals surface area contributed by atoms with Crippen LogP contribution >= 0.6 is 31.9 Å². The molecule has 5 aliphatic heterocycles. The van der Waals surface area contributed by atoms with Gasteiger partial charge in [0.1, 0.15) is 17.2 Å². The third kappa shape index (κ3) is 21.2. The van der Waals surface area contributed by atoms with Crippen LogP contribution in [0.1, 0.15) is 115 Å². The molecule has 0 bridgehead atoms. The first-order chi connectivity index (χ1) is 49.5. The minimum absolute atomic E-state index is 0. The molecule has 13 rings (SSSR count). The molecule has 5 aromatic carbocycles. The van der Waals surface area contributed by atoms with Crippen molar-refractivity contribution in [3.63, 3.8) is 0 Å². The van der Waals surface area contributed by atoms with Crippen molar-refractivity contribution in [2.24, 2.45) is 0 Å². The fraction of sp³-hybridized carbons (Fsp3) is 0.384. The van der Waals surface area contributed by atoms with Crippen molar-refractivity contribution in [1.82, 2.24) is 13.7 Å². The van der Waals surface area contributed by atoms with E-state index in [1.165, 1.54) is 98.8 Å². The average molecular weight is 1690 g/mol. The molecular formula is C73H77B3Br2F13N3O16. The number of fused-ring (bicyclic) bond motifs is 2. The molecule has 5 aliphatic rings. The van der Waals surface area contributed by atoms with Gasteiger partial charge in [-0.2, -0.15) is 0 Å². The van der Waals surface area contributed by atoms with Crippen LogP contribution in [0.4, 0.5) is 57.1 Å². The molecule has 0 unspecified atom stereocenters. The summed E-state index contributed by atoms with van der Waals surface area (Å²) in [6.07, 6.45) is -17.1. The van der Waals surface area contributed by atoms with Crippen molar-refractivity contribution in [3.05, 3.63) is 203 Å². The highest BCUT2D eigenvalue weighted by atomic mass is 79.9. The Morgan fingerprint density at radius 1 is 0.373 bits per heavy atom. The minimum Gasteiger partial charge on any atom is -0.406 e. The maximum atomic E-state index is 13.5. The predicted octanol–water partition coefficient (Wildman–Crippen LogP) is 18.5. The number of pyridine rings is 3. The Labute approximate surface area is 642 Å². The molecule has 0 aliphatic carbocycles. The summed E-state index contributed by atoms with van der Waals surface area (Å²) in [5.41, 5.74) is 0.862. The highest BCUT2D eigenvalue weighted by Gasteiger charge is 2.64. The number of rotatable bonds is 9. The fourth-order valence-electron chi connectivity index (χ4n) is 10.5. The van der Waals surface area contributed by atoms with Crippen molar-refractivity contribution in [3.8, 4) is 68.4 Å². The largest absolute Gasteiger partial charge is 0.586 e. The molecule has 8 heterocycles. The van der Waals surface area contributed by atoms with Gasteiger partial charge in [-0.25, -0.2) is 0 Å². The lowest BCUT2D eigenvalue weighted by Crippen LogP contribution is -2.41. The molecular weight excluding hydrogens is 1610 g/mol. The van der Waals surface area contributed by atoms with E-state index in [4.69, 9.17) is 27.9 Å². The normalized spacial score (nSPS) is 17.9. The summed E-state index contributed by atoms with van der Waals surface area (Å²) in [6.45, 7) is 29.1. The van der Waals surface area contributed by atoms with E-state index in [1.807, 2.05) is 83.1 Å². The zero-order chi connectivity index (χ0) is 80.3. The van der Waals surface area contributed by atoms with E-state index in [9.17, 15) is 71.5 Å². The summed E-state index contributed by atoms with van der Waals surface area (Å²) in [4.78, 5) is 36.7. The van der Waals surface area contributed by atoms with Gasteiger partial charge in [-0.15, -0.1) is 57.1 Å². The highest BCUT2D eigenvalue weighted by Crippen LogP contribution is 2.49. The highest BCUT2D eigenvalue weighted by molar-refractivity contribution is 9.10. The molecule has 3 fully saturated rings. The summed E-state index contributed by atoms with van der Waals surface area (Å²) in [7, 11) is -1.61. The van der Waals surface area contributed by atoms with Crippen LogP contribution in [-0.2, 0) is 27.9 Å². The van der Waals surface area contributed by atoms with Crippen molar-refractivity contribution in [2.75, 3.05) is 0 Å². The third-order valence-corrected chi connectivity index (χ3v) is 19.6. The van der Waals surface area contributed by atoms with Crippen LogP contribution in [0.5, 0.6) is 40.2 Å². The smallest absolute Gasteiger partial charge is 0.406 e. The van der Waals surface area contributed by atoms with Crippen LogP contribution in [0.25, 0.3) is 28.2 Å². The molecule has 110 heavy (non-hydrogen) atoms. The molecule has 0 saturated carbocycles. The SMILES string of the molecule is C.C.CC1(C)OB(B2OC(C)(C)C(C)(C)O2)OC1(C)C.Cc1cc(=O)n(-c2ccc(OC(F)(F)F)cc2)cc1-c1cccc2c1OC(F)(F)O2.Cc1cc(=O)n(-c2ccc(OC(F)(F)F)cc2)cc1B1OC(C)(C)C(C)(C)O1.Cc1cc(=O)n(-c2ccc(OC(F)(F)F)cc2)cc1Br.FC1(F)Oc2cccc(Br)c2O1. The summed E-state index contributed by atoms with van der Waals surface area (Å²) < 4.78 is 232. The lowest BCUT2D eigenvalue weighted by atomic mass is 9.49. The third-order valence-electron chi connectivity index (χ3n) is 18.2. The number of hydrogen-bond donors (Lipinski definition) is 0. The van der Waals surface area contributed by atoms with Crippen LogP contribution in [0.3, 0.4) is 0 Å². The number of halogens is 15. The van der Waals surface area contributed by atoms with Crippen LogP contribution in [-0.4, -0.2) is 100 Å².